The highest BCUT2D eigenvalue weighted by molar-refractivity contribution is 5.97. The van der Waals surface area contributed by atoms with Gasteiger partial charge in [-0.25, -0.2) is 4.39 Å². The van der Waals surface area contributed by atoms with Crippen molar-refractivity contribution in [2.75, 3.05) is 13.2 Å². The fourth-order valence-corrected chi connectivity index (χ4v) is 3.02. The fraction of sp³-hybridized carbons (Fsp3) is 0.500. The molecule has 1 aliphatic heterocycles. The normalized spacial score (nSPS) is 26.3. The quantitative estimate of drug-likeness (QED) is 0.844. The molecule has 0 bridgehead atoms. The first kappa shape index (κ1) is 12.4. The molecule has 1 amide bonds. The molecule has 1 N–H and O–H groups in total. The summed E-state index contributed by atoms with van der Waals surface area (Å²) in [5, 5.41) is 9.71. The Hall–Kier alpha value is -1.62. The first-order valence-corrected chi connectivity index (χ1v) is 6.58. The van der Waals surface area contributed by atoms with Gasteiger partial charge in [0, 0.05) is 12.6 Å². The number of benzene rings is 1. The molecule has 102 valence electrons. The van der Waals surface area contributed by atoms with Crippen LogP contribution in [0, 0.1) is 5.82 Å². The summed E-state index contributed by atoms with van der Waals surface area (Å²) >= 11 is 0. The number of hydrogen-bond donors (Lipinski definition) is 1. The summed E-state index contributed by atoms with van der Waals surface area (Å²) in [5.41, 5.74) is 0.161. The van der Waals surface area contributed by atoms with Crippen LogP contribution in [-0.2, 0) is 4.74 Å². The molecule has 1 saturated heterocycles. The van der Waals surface area contributed by atoms with Gasteiger partial charge < -0.3 is 14.7 Å². The van der Waals surface area contributed by atoms with Crippen molar-refractivity contribution in [2.24, 2.45) is 0 Å². The Morgan fingerprint density at radius 3 is 3.05 bits per heavy atom. The number of amides is 1. The van der Waals surface area contributed by atoms with E-state index in [-0.39, 0.29) is 29.4 Å². The second-order valence-corrected chi connectivity index (χ2v) is 5.07. The minimum atomic E-state index is -0.547. The molecule has 0 aromatic heterocycles. The molecular formula is C14H16FNO3. The Morgan fingerprint density at radius 2 is 2.26 bits per heavy atom. The largest absolute Gasteiger partial charge is 0.507 e. The van der Waals surface area contributed by atoms with Crippen LogP contribution in [0.5, 0.6) is 5.75 Å². The van der Waals surface area contributed by atoms with Crippen molar-refractivity contribution >= 4 is 5.91 Å². The van der Waals surface area contributed by atoms with Crippen LogP contribution in [0.4, 0.5) is 4.39 Å². The van der Waals surface area contributed by atoms with Gasteiger partial charge >= 0.3 is 0 Å². The van der Waals surface area contributed by atoms with Gasteiger partial charge in [0.25, 0.3) is 5.91 Å². The Labute approximate surface area is 110 Å². The van der Waals surface area contributed by atoms with E-state index in [2.05, 4.69) is 0 Å². The van der Waals surface area contributed by atoms with Gasteiger partial charge in [0.1, 0.15) is 11.6 Å². The van der Waals surface area contributed by atoms with Crippen molar-refractivity contribution in [1.82, 2.24) is 4.90 Å². The second kappa shape index (κ2) is 4.81. The summed E-state index contributed by atoms with van der Waals surface area (Å²) in [6.45, 7) is 1.05. The molecule has 5 heteroatoms. The molecule has 0 spiro atoms. The zero-order valence-electron chi connectivity index (χ0n) is 10.5. The van der Waals surface area contributed by atoms with Gasteiger partial charge in [0.05, 0.1) is 24.3 Å². The van der Waals surface area contributed by atoms with Crippen LogP contribution in [0.3, 0.4) is 0 Å². The number of aromatic hydroxyl groups is 1. The first-order valence-electron chi connectivity index (χ1n) is 6.58. The third kappa shape index (κ3) is 2.18. The number of rotatable bonds is 1. The van der Waals surface area contributed by atoms with Crippen molar-refractivity contribution in [1.29, 1.82) is 0 Å². The van der Waals surface area contributed by atoms with Crippen molar-refractivity contribution in [3.63, 3.8) is 0 Å². The van der Waals surface area contributed by atoms with E-state index in [4.69, 9.17) is 4.74 Å². The van der Waals surface area contributed by atoms with E-state index in [0.29, 0.717) is 13.2 Å². The minimum absolute atomic E-state index is 0.0886. The predicted molar refractivity (Wildman–Crippen MR) is 66.5 cm³/mol. The van der Waals surface area contributed by atoms with E-state index in [1.807, 2.05) is 0 Å². The third-order valence-corrected chi connectivity index (χ3v) is 3.93. The number of carbonyl (C=O) groups excluding carboxylic acids is 1. The maximum atomic E-state index is 13.0. The smallest absolute Gasteiger partial charge is 0.258 e. The van der Waals surface area contributed by atoms with E-state index in [0.717, 1.165) is 25.3 Å². The standard InChI is InChI=1S/C14H16FNO3/c15-9-4-5-10(12(17)8-9)14(18)16-6-7-19-13-3-1-2-11(13)16/h4-5,8,11,13,17H,1-3,6-7H2. The predicted octanol–water partition coefficient (Wildman–Crippen LogP) is 1.92. The Kier molecular flexibility index (Phi) is 3.14. The molecule has 2 aliphatic rings. The molecule has 4 nitrogen and oxygen atoms in total. The lowest BCUT2D eigenvalue weighted by atomic mass is 10.1. The molecule has 1 aromatic carbocycles. The molecule has 2 fully saturated rings. The van der Waals surface area contributed by atoms with Crippen LogP contribution in [-0.4, -0.2) is 41.2 Å². The number of phenolic OH excluding ortho intramolecular Hbond substituents is 1. The van der Waals surface area contributed by atoms with E-state index in [1.165, 1.54) is 12.1 Å². The molecule has 0 radical (unpaired) electrons. The number of phenols is 1. The molecule has 1 saturated carbocycles. The van der Waals surface area contributed by atoms with E-state index in [9.17, 15) is 14.3 Å². The van der Waals surface area contributed by atoms with Gasteiger partial charge in [-0.3, -0.25) is 4.79 Å². The molecule has 2 atom stereocenters. The van der Waals surface area contributed by atoms with Gasteiger partial charge in [-0.15, -0.1) is 0 Å². The van der Waals surface area contributed by atoms with Crippen LogP contribution in [0.2, 0.25) is 0 Å². The number of fused-ring (bicyclic) bond motifs is 1. The van der Waals surface area contributed by atoms with Crippen LogP contribution < -0.4 is 0 Å². The number of carbonyl (C=O) groups is 1. The first-order chi connectivity index (χ1) is 9.16. The number of ether oxygens (including phenoxy) is 1. The van der Waals surface area contributed by atoms with E-state index < -0.39 is 5.82 Å². The average molecular weight is 265 g/mol. The zero-order valence-corrected chi connectivity index (χ0v) is 10.5. The van der Waals surface area contributed by atoms with Crippen molar-refractivity contribution < 1.29 is 19.0 Å². The SMILES string of the molecule is O=C(c1ccc(F)cc1O)N1CCOC2CCCC21. The van der Waals surface area contributed by atoms with E-state index in [1.54, 1.807) is 4.90 Å². The highest BCUT2D eigenvalue weighted by Gasteiger charge is 2.39. The topological polar surface area (TPSA) is 49.8 Å². The van der Waals surface area contributed by atoms with Gasteiger partial charge in [0.15, 0.2) is 0 Å². The third-order valence-electron chi connectivity index (χ3n) is 3.93. The number of hydrogen-bond acceptors (Lipinski definition) is 3. The summed E-state index contributed by atoms with van der Waals surface area (Å²) in [6, 6.07) is 3.59. The monoisotopic (exact) mass is 265 g/mol. The summed E-state index contributed by atoms with van der Waals surface area (Å²) in [6.07, 6.45) is 3.07. The lowest BCUT2D eigenvalue weighted by molar-refractivity contribution is -0.0446. The number of halogens is 1. The summed E-state index contributed by atoms with van der Waals surface area (Å²) in [7, 11) is 0. The number of morpholine rings is 1. The maximum Gasteiger partial charge on any atom is 0.258 e. The maximum absolute atomic E-state index is 13.0. The average Bonchev–Trinajstić information content (AvgIpc) is 2.86. The van der Waals surface area contributed by atoms with Crippen LogP contribution in [0.1, 0.15) is 29.6 Å². The van der Waals surface area contributed by atoms with Gasteiger partial charge in [-0.05, 0) is 31.4 Å². The Balaban J connectivity index is 1.86. The highest BCUT2D eigenvalue weighted by atomic mass is 19.1. The molecular weight excluding hydrogens is 249 g/mol. The number of nitrogens with zero attached hydrogens (tertiary/aromatic N) is 1. The zero-order chi connectivity index (χ0) is 13.4. The minimum Gasteiger partial charge on any atom is -0.507 e. The highest BCUT2D eigenvalue weighted by Crippen LogP contribution is 2.31. The van der Waals surface area contributed by atoms with Gasteiger partial charge in [-0.1, -0.05) is 0 Å². The van der Waals surface area contributed by atoms with Gasteiger partial charge in [-0.2, -0.15) is 0 Å². The summed E-state index contributed by atoms with van der Waals surface area (Å²) < 4.78 is 18.6. The van der Waals surface area contributed by atoms with Crippen LogP contribution >= 0.6 is 0 Å². The Morgan fingerprint density at radius 1 is 1.42 bits per heavy atom. The molecule has 2 unspecified atom stereocenters. The van der Waals surface area contributed by atoms with Crippen molar-refractivity contribution in [3.8, 4) is 5.75 Å². The van der Waals surface area contributed by atoms with Gasteiger partial charge in [0.2, 0.25) is 0 Å². The fourth-order valence-electron chi connectivity index (χ4n) is 3.02. The van der Waals surface area contributed by atoms with Crippen molar-refractivity contribution in [2.45, 2.75) is 31.4 Å². The van der Waals surface area contributed by atoms with Crippen LogP contribution in [0.25, 0.3) is 0 Å². The van der Waals surface area contributed by atoms with Crippen molar-refractivity contribution in [3.05, 3.63) is 29.6 Å². The molecule has 1 aliphatic carbocycles. The summed E-state index contributed by atoms with van der Waals surface area (Å²) in [4.78, 5) is 14.2. The lowest BCUT2D eigenvalue weighted by Gasteiger charge is -2.37. The molecule has 19 heavy (non-hydrogen) atoms. The molecule has 3 rings (SSSR count). The summed E-state index contributed by atoms with van der Waals surface area (Å²) in [5.74, 6) is -1.08. The van der Waals surface area contributed by atoms with Crippen LogP contribution in [0.15, 0.2) is 18.2 Å². The molecule has 1 heterocycles. The molecule has 1 aromatic rings. The lowest BCUT2D eigenvalue weighted by Crippen LogP contribution is -2.51. The van der Waals surface area contributed by atoms with E-state index >= 15 is 0 Å². The second-order valence-electron chi connectivity index (χ2n) is 5.07. The Bertz CT molecular complexity index is 505.